The first-order chi connectivity index (χ1) is 8.13. The number of hydrogen-bond acceptors (Lipinski definition) is 3. The van der Waals surface area contributed by atoms with Crippen molar-refractivity contribution in [1.82, 2.24) is 10.2 Å². The number of hydrogen-bond donors (Lipinski definition) is 1. The Bertz CT molecular complexity index is 342. The molecule has 0 radical (unpaired) electrons. The van der Waals surface area contributed by atoms with Gasteiger partial charge in [0.25, 0.3) is 0 Å². The average Bonchev–Trinajstić information content (AvgIpc) is 2.27. The zero-order valence-electron chi connectivity index (χ0n) is 10.8. The Hall–Kier alpha value is -0.220. The van der Waals surface area contributed by atoms with Crippen molar-refractivity contribution in [2.45, 2.75) is 18.4 Å². The predicted octanol–water partition coefficient (Wildman–Crippen LogP) is 3.10. The van der Waals surface area contributed by atoms with Crippen molar-refractivity contribution in [3.63, 3.8) is 0 Å². The molecule has 0 aliphatic rings. The SMILES string of the molecule is CCNCc1ccc(SCCN(C)C)cc1Cl. The minimum Gasteiger partial charge on any atom is -0.313 e. The summed E-state index contributed by atoms with van der Waals surface area (Å²) in [6.45, 7) is 4.99. The summed E-state index contributed by atoms with van der Waals surface area (Å²) in [6.07, 6.45) is 0. The number of nitrogens with zero attached hydrogens (tertiary/aromatic N) is 1. The van der Waals surface area contributed by atoms with E-state index in [9.17, 15) is 0 Å². The van der Waals surface area contributed by atoms with Gasteiger partial charge in [0.1, 0.15) is 0 Å². The van der Waals surface area contributed by atoms with Crippen LogP contribution in [0.15, 0.2) is 23.1 Å². The van der Waals surface area contributed by atoms with Crippen LogP contribution >= 0.6 is 23.4 Å². The van der Waals surface area contributed by atoms with E-state index in [0.717, 1.165) is 30.4 Å². The number of thioether (sulfide) groups is 1. The van der Waals surface area contributed by atoms with Gasteiger partial charge in [-0.05, 0) is 38.3 Å². The van der Waals surface area contributed by atoms with E-state index in [-0.39, 0.29) is 0 Å². The molecule has 4 heteroatoms. The Morgan fingerprint density at radius 2 is 2.12 bits per heavy atom. The lowest BCUT2D eigenvalue weighted by Gasteiger charge is -2.10. The van der Waals surface area contributed by atoms with Gasteiger partial charge in [0.15, 0.2) is 0 Å². The molecular formula is C13H21ClN2S. The van der Waals surface area contributed by atoms with E-state index in [4.69, 9.17) is 11.6 Å². The molecule has 0 bridgehead atoms. The summed E-state index contributed by atoms with van der Waals surface area (Å²) in [6, 6.07) is 6.33. The average molecular weight is 273 g/mol. The smallest absolute Gasteiger partial charge is 0.0462 e. The van der Waals surface area contributed by atoms with Crippen LogP contribution in [0.25, 0.3) is 0 Å². The summed E-state index contributed by atoms with van der Waals surface area (Å²) >= 11 is 8.09. The Labute approximate surface area is 114 Å². The second-order valence-corrected chi connectivity index (χ2v) is 5.76. The molecule has 0 aromatic heterocycles. The zero-order chi connectivity index (χ0) is 12.7. The van der Waals surface area contributed by atoms with Gasteiger partial charge in [0.05, 0.1) is 0 Å². The van der Waals surface area contributed by atoms with Crippen LogP contribution < -0.4 is 5.32 Å². The van der Waals surface area contributed by atoms with Crippen molar-refractivity contribution in [2.24, 2.45) is 0 Å². The molecule has 0 amide bonds. The number of halogens is 1. The van der Waals surface area contributed by atoms with Gasteiger partial charge < -0.3 is 10.2 Å². The van der Waals surface area contributed by atoms with E-state index in [0.29, 0.717) is 0 Å². The highest BCUT2D eigenvalue weighted by atomic mass is 35.5. The highest BCUT2D eigenvalue weighted by Crippen LogP contribution is 2.24. The van der Waals surface area contributed by atoms with Crippen molar-refractivity contribution in [3.05, 3.63) is 28.8 Å². The summed E-state index contributed by atoms with van der Waals surface area (Å²) in [5, 5.41) is 4.15. The van der Waals surface area contributed by atoms with Gasteiger partial charge in [-0.3, -0.25) is 0 Å². The Morgan fingerprint density at radius 1 is 1.35 bits per heavy atom. The fraction of sp³-hybridized carbons (Fsp3) is 0.538. The molecule has 0 aliphatic carbocycles. The topological polar surface area (TPSA) is 15.3 Å². The van der Waals surface area contributed by atoms with E-state index in [2.05, 4.69) is 49.4 Å². The van der Waals surface area contributed by atoms with Crippen LogP contribution in [0.2, 0.25) is 5.02 Å². The predicted molar refractivity (Wildman–Crippen MR) is 78.1 cm³/mol. The van der Waals surface area contributed by atoms with Crippen molar-refractivity contribution in [2.75, 3.05) is 32.9 Å². The van der Waals surface area contributed by atoms with Gasteiger partial charge in [-0.1, -0.05) is 24.6 Å². The maximum absolute atomic E-state index is 6.24. The molecule has 0 heterocycles. The van der Waals surface area contributed by atoms with Crippen molar-refractivity contribution in [3.8, 4) is 0 Å². The largest absolute Gasteiger partial charge is 0.313 e. The summed E-state index contributed by atoms with van der Waals surface area (Å²) in [5.74, 6) is 1.09. The van der Waals surface area contributed by atoms with Gasteiger partial charge in [-0.2, -0.15) is 0 Å². The molecule has 2 nitrogen and oxygen atoms in total. The molecular weight excluding hydrogens is 252 g/mol. The van der Waals surface area contributed by atoms with Crippen LogP contribution in [-0.4, -0.2) is 37.8 Å². The first-order valence-corrected chi connectivity index (χ1v) is 7.26. The highest BCUT2D eigenvalue weighted by Gasteiger charge is 2.02. The van der Waals surface area contributed by atoms with Crippen LogP contribution in [0.5, 0.6) is 0 Å². The Kier molecular flexibility index (Phi) is 6.97. The lowest BCUT2D eigenvalue weighted by Crippen LogP contribution is -2.14. The van der Waals surface area contributed by atoms with Crippen LogP contribution in [0.3, 0.4) is 0 Å². The zero-order valence-corrected chi connectivity index (χ0v) is 12.4. The standard InChI is InChI=1S/C13H21ClN2S/c1-4-15-10-11-5-6-12(9-13(11)14)17-8-7-16(2)3/h5-6,9,15H,4,7-8,10H2,1-3H3. The minimum atomic E-state index is 0.845. The van der Waals surface area contributed by atoms with Crippen LogP contribution in [0.1, 0.15) is 12.5 Å². The molecule has 0 saturated heterocycles. The van der Waals surface area contributed by atoms with E-state index in [1.807, 2.05) is 11.8 Å². The normalized spacial score (nSPS) is 11.1. The molecule has 0 aliphatic heterocycles. The Morgan fingerprint density at radius 3 is 2.71 bits per heavy atom. The third-order valence-corrected chi connectivity index (χ3v) is 3.72. The summed E-state index contributed by atoms with van der Waals surface area (Å²) in [7, 11) is 4.18. The first-order valence-electron chi connectivity index (χ1n) is 5.90. The van der Waals surface area contributed by atoms with E-state index < -0.39 is 0 Å². The fourth-order valence-corrected chi connectivity index (χ4v) is 2.74. The Balaban J connectivity index is 2.50. The third-order valence-electron chi connectivity index (χ3n) is 2.40. The van der Waals surface area contributed by atoms with E-state index in [1.54, 1.807) is 0 Å². The summed E-state index contributed by atoms with van der Waals surface area (Å²) in [4.78, 5) is 3.44. The number of benzene rings is 1. The molecule has 0 atom stereocenters. The molecule has 1 aromatic rings. The molecule has 0 fully saturated rings. The maximum atomic E-state index is 6.24. The molecule has 17 heavy (non-hydrogen) atoms. The van der Waals surface area contributed by atoms with Crippen LogP contribution in [-0.2, 0) is 6.54 Å². The first kappa shape index (κ1) is 14.8. The molecule has 0 spiro atoms. The molecule has 1 rings (SSSR count). The summed E-state index contributed by atoms with van der Waals surface area (Å²) < 4.78 is 0. The molecule has 0 unspecified atom stereocenters. The van der Waals surface area contributed by atoms with Gasteiger partial charge in [-0.15, -0.1) is 11.8 Å². The van der Waals surface area contributed by atoms with Crippen LogP contribution in [0.4, 0.5) is 0 Å². The van der Waals surface area contributed by atoms with Gasteiger partial charge >= 0.3 is 0 Å². The van der Waals surface area contributed by atoms with Gasteiger partial charge in [0.2, 0.25) is 0 Å². The molecule has 0 saturated carbocycles. The number of rotatable bonds is 7. The quantitative estimate of drug-likeness (QED) is 0.768. The second-order valence-electron chi connectivity index (χ2n) is 4.19. The summed E-state index contributed by atoms with van der Waals surface area (Å²) in [5.41, 5.74) is 1.17. The highest BCUT2D eigenvalue weighted by molar-refractivity contribution is 7.99. The molecule has 96 valence electrons. The monoisotopic (exact) mass is 272 g/mol. The van der Waals surface area contributed by atoms with Gasteiger partial charge in [0, 0.05) is 28.8 Å². The van der Waals surface area contributed by atoms with E-state index in [1.165, 1.54) is 10.5 Å². The fourth-order valence-electron chi connectivity index (χ4n) is 1.37. The maximum Gasteiger partial charge on any atom is 0.0462 e. The second kappa shape index (κ2) is 7.98. The lowest BCUT2D eigenvalue weighted by molar-refractivity contribution is 0.437. The lowest BCUT2D eigenvalue weighted by atomic mass is 10.2. The van der Waals surface area contributed by atoms with E-state index >= 15 is 0 Å². The van der Waals surface area contributed by atoms with Crippen LogP contribution in [0, 0.1) is 0 Å². The minimum absolute atomic E-state index is 0.845. The molecule has 1 aromatic carbocycles. The van der Waals surface area contributed by atoms with Crippen molar-refractivity contribution in [1.29, 1.82) is 0 Å². The van der Waals surface area contributed by atoms with Gasteiger partial charge in [-0.25, -0.2) is 0 Å². The third kappa shape index (κ3) is 5.77. The van der Waals surface area contributed by atoms with Crippen molar-refractivity contribution >= 4 is 23.4 Å². The van der Waals surface area contributed by atoms with Crippen molar-refractivity contribution < 1.29 is 0 Å². The number of nitrogens with one attached hydrogen (secondary N) is 1. The molecule has 1 N–H and O–H groups in total.